The molecule has 1 rings (SSSR count). The molecule has 110 valence electrons. The topological polar surface area (TPSA) is 75.6 Å². The summed E-state index contributed by atoms with van der Waals surface area (Å²) in [5, 5.41) is 9.07. The normalized spacial score (nSPS) is 11.2. The number of carbonyl (C=O) groups is 2. The minimum atomic E-state index is -4.59. The van der Waals surface area contributed by atoms with E-state index in [1.165, 1.54) is 26.0 Å². The number of nitrogens with one attached hydrogen (secondary N) is 1. The third-order valence-electron chi connectivity index (χ3n) is 2.46. The van der Waals surface area contributed by atoms with Gasteiger partial charge in [-0.05, 0) is 25.0 Å². The molecule has 8 heteroatoms. The van der Waals surface area contributed by atoms with Crippen LogP contribution in [-0.4, -0.2) is 29.8 Å². The maximum atomic E-state index is 11.9. The molecule has 0 aliphatic heterocycles. The summed E-state index contributed by atoms with van der Waals surface area (Å²) in [6.07, 6.45) is -4.59. The number of hydrogen-bond donors (Lipinski definition) is 2. The van der Waals surface area contributed by atoms with E-state index in [0.717, 1.165) is 0 Å². The van der Waals surface area contributed by atoms with Crippen LogP contribution in [0.15, 0.2) is 12.1 Å². The minimum absolute atomic E-state index is 0.223. The van der Waals surface area contributed by atoms with E-state index in [0.29, 0.717) is 11.1 Å². The Morgan fingerprint density at radius 1 is 1.20 bits per heavy atom. The number of carboxylic acids is 1. The molecule has 0 spiro atoms. The van der Waals surface area contributed by atoms with Crippen molar-refractivity contribution in [2.24, 2.45) is 0 Å². The van der Waals surface area contributed by atoms with Crippen molar-refractivity contribution in [3.05, 3.63) is 34.4 Å². The largest absolute Gasteiger partial charge is 0.478 e. The number of amides is 1. The number of aryl methyl sites for hydroxylation is 2. The van der Waals surface area contributed by atoms with E-state index >= 15 is 0 Å². The second kappa shape index (κ2) is 5.91. The lowest BCUT2D eigenvalue weighted by atomic mass is 9.97. The predicted octanol–water partition coefficient (Wildman–Crippen LogP) is 2.23. The fraction of sp³-hybridized carbons (Fsp3) is 0.333. The lowest BCUT2D eigenvalue weighted by molar-refractivity contribution is -0.184. The van der Waals surface area contributed by atoms with Crippen molar-refractivity contribution in [3.8, 4) is 0 Å². The number of halogens is 3. The van der Waals surface area contributed by atoms with Gasteiger partial charge in [0, 0.05) is 0 Å². The third kappa shape index (κ3) is 3.95. The van der Waals surface area contributed by atoms with Crippen molar-refractivity contribution >= 4 is 11.9 Å². The lowest BCUT2D eigenvalue weighted by Gasteiger charge is -2.13. The van der Waals surface area contributed by atoms with Gasteiger partial charge in [0.2, 0.25) is 0 Å². The first-order chi connectivity index (χ1) is 9.13. The second-order valence-corrected chi connectivity index (χ2v) is 4.09. The standard InChI is InChI=1S/C12H12F3NO4/c1-6-3-4-7(2)9(11(18)19)8(6)10(17)16-20-5-12(13,14)15/h3-4H,5H2,1-2H3,(H,16,17)(H,18,19). The molecule has 1 aromatic carbocycles. The molecule has 0 aliphatic carbocycles. The van der Waals surface area contributed by atoms with Gasteiger partial charge >= 0.3 is 12.1 Å². The van der Waals surface area contributed by atoms with Crippen LogP contribution >= 0.6 is 0 Å². The zero-order valence-electron chi connectivity index (χ0n) is 10.7. The highest BCUT2D eigenvalue weighted by atomic mass is 19.4. The number of carboxylic acid groups (broad SMARTS) is 1. The Labute approximate surface area is 112 Å². The van der Waals surface area contributed by atoms with Crippen LogP contribution < -0.4 is 5.48 Å². The third-order valence-corrected chi connectivity index (χ3v) is 2.46. The van der Waals surface area contributed by atoms with Gasteiger partial charge in [-0.2, -0.15) is 13.2 Å². The van der Waals surface area contributed by atoms with Gasteiger partial charge in [0.25, 0.3) is 5.91 Å². The minimum Gasteiger partial charge on any atom is -0.478 e. The molecule has 0 saturated heterocycles. The van der Waals surface area contributed by atoms with Crippen LogP contribution in [0.4, 0.5) is 13.2 Å². The van der Waals surface area contributed by atoms with Gasteiger partial charge in [-0.3, -0.25) is 9.63 Å². The molecule has 0 radical (unpaired) electrons. The molecule has 5 nitrogen and oxygen atoms in total. The maximum absolute atomic E-state index is 11.9. The van der Waals surface area contributed by atoms with Crippen LogP contribution in [0.25, 0.3) is 0 Å². The van der Waals surface area contributed by atoms with E-state index in [-0.39, 0.29) is 11.1 Å². The molecule has 0 heterocycles. The van der Waals surface area contributed by atoms with Crippen molar-refractivity contribution in [1.29, 1.82) is 0 Å². The van der Waals surface area contributed by atoms with Gasteiger partial charge in [0.15, 0.2) is 6.61 Å². The van der Waals surface area contributed by atoms with Crippen LogP contribution in [0.3, 0.4) is 0 Å². The zero-order valence-corrected chi connectivity index (χ0v) is 10.7. The highest BCUT2D eigenvalue weighted by Gasteiger charge is 2.29. The molecular formula is C12H12F3NO4. The SMILES string of the molecule is Cc1ccc(C)c(C(=O)NOCC(F)(F)F)c1C(=O)O. The Morgan fingerprint density at radius 2 is 1.70 bits per heavy atom. The maximum Gasteiger partial charge on any atom is 0.414 e. The quantitative estimate of drug-likeness (QED) is 0.834. The zero-order chi connectivity index (χ0) is 15.5. The van der Waals surface area contributed by atoms with E-state index in [9.17, 15) is 22.8 Å². The Hall–Kier alpha value is -2.09. The fourth-order valence-electron chi connectivity index (χ4n) is 1.61. The summed E-state index contributed by atoms with van der Waals surface area (Å²) in [6.45, 7) is 1.30. The Kier molecular flexibility index (Phi) is 4.72. The van der Waals surface area contributed by atoms with Gasteiger partial charge in [-0.1, -0.05) is 12.1 Å². The number of hydroxylamine groups is 1. The van der Waals surface area contributed by atoms with Crippen LogP contribution in [0.5, 0.6) is 0 Å². The molecule has 0 aromatic heterocycles. The van der Waals surface area contributed by atoms with Gasteiger partial charge < -0.3 is 5.11 Å². The van der Waals surface area contributed by atoms with Gasteiger partial charge in [-0.15, -0.1) is 0 Å². The second-order valence-electron chi connectivity index (χ2n) is 4.09. The number of carbonyl (C=O) groups excluding carboxylic acids is 1. The summed E-state index contributed by atoms with van der Waals surface area (Å²) in [7, 11) is 0. The predicted molar refractivity (Wildman–Crippen MR) is 62.3 cm³/mol. The van der Waals surface area contributed by atoms with Crippen LogP contribution in [-0.2, 0) is 4.84 Å². The van der Waals surface area contributed by atoms with Crippen molar-refractivity contribution in [3.63, 3.8) is 0 Å². The molecule has 1 aromatic rings. The van der Waals surface area contributed by atoms with Gasteiger partial charge in [-0.25, -0.2) is 10.3 Å². The smallest absolute Gasteiger partial charge is 0.414 e. The van der Waals surface area contributed by atoms with Crippen LogP contribution in [0.1, 0.15) is 31.8 Å². The van der Waals surface area contributed by atoms with E-state index in [1.807, 2.05) is 0 Å². The van der Waals surface area contributed by atoms with Crippen LogP contribution in [0, 0.1) is 13.8 Å². The highest BCUT2D eigenvalue weighted by molar-refractivity contribution is 6.06. The first kappa shape index (κ1) is 16.0. The first-order valence-electron chi connectivity index (χ1n) is 5.46. The average Bonchev–Trinajstić information content (AvgIpc) is 2.29. The molecule has 0 fully saturated rings. The molecule has 20 heavy (non-hydrogen) atoms. The summed E-state index contributed by atoms with van der Waals surface area (Å²) < 4.78 is 35.7. The van der Waals surface area contributed by atoms with Crippen molar-refractivity contribution in [2.75, 3.05) is 6.61 Å². The fourth-order valence-corrected chi connectivity index (χ4v) is 1.61. The molecule has 0 aliphatic rings. The van der Waals surface area contributed by atoms with Crippen molar-refractivity contribution in [2.45, 2.75) is 20.0 Å². The van der Waals surface area contributed by atoms with Crippen molar-refractivity contribution in [1.82, 2.24) is 5.48 Å². The number of hydrogen-bond acceptors (Lipinski definition) is 3. The van der Waals surface area contributed by atoms with Crippen molar-refractivity contribution < 1.29 is 32.7 Å². The molecule has 0 unspecified atom stereocenters. The Morgan fingerprint density at radius 3 is 2.15 bits per heavy atom. The molecule has 1 amide bonds. The summed E-state index contributed by atoms with van der Waals surface area (Å²) in [4.78, 5) is 26.9. The monoisotopic (exact) mass is 291 g/mol. The van der Waals surface area contributed by atoms with Crippen LogP contribution in [0.2, 0.25) is 0 Å². The molecule has 2 N–H and O–H groups in total. The Bertz CT molecular complexity index is 540. The first-order valence-corrected chi connectivity index (χ1v) is 5.46. The summed E-state index contributed by atoms with van der Waals surface area (Å²) in [5.41, 5.74) is 1.75. The average molecular weight is 291 g/mol. The van der Waals surface area contributed by atoms with E-state index in [2.05, 4.69) is 4.84 Å². The molecular weight excluding hydrogens is 279 g/mol. The Balaban J connectivity index is 2.98. The summed E-state index contributed by atoms with van der Waals surface area (Å²) in [6, 6.07) is 3.01. The summed E-state index contributed by atoms with van der Waals surface area (Å²) >= 11 is 0. The van der Waals surface area contributed by atoms with E-state index in [1.54, 1.807) is 5.48 Å². The molecule has 0 saturated carbocycles. The molecule has 0 bridgehead atoms. The van der Waals surface area contributed by atoms with Gasteiger partial charge in [0.1, 0.15) is 0 Å². The van der Waals surface area contributed by atoms with E-state index in [4.69, 9.17) is 5.11 Å². The van der Waals surface area contributed by atoms with E-state index < -0.39 is 24.7 Å². The lowest BCUT2D eigenvalue weighted by Crippen LogP contribution is -2.31. The number of alkyl halides is 3. The molecule has 0 atom stereocenters. The summed E-state index contributed by atoms with van der Waals surface area (Å²) in [5.74, 6) is -2.37. The number of rotatable bonds is 4. The number of aromatic carboxylic acids is 1. The van der Waals surface area contributed by atoms with Gasteiger partial charge in [0.05, 0.1) is 11.1 Å². The highest BCUT2D eigenvalue weighted by Crippen LogP contribution is 2.19. The number of benzene rings is 1.